The van der Waals surface area contributed by atoms with E-state index in [0.29, 0.717) is 0 Å². The van der Waals surface area contributed by atoms with Crippen LogP contribution in [0.1, 0.15) is 24.0 Å². The summed E-state index contributed by atoms with van der Waals surface area (Å²) in [6, 6.07) is 6.57. The van der Waals surface area contributed by atoms with Crippen LogP contribution >= 0.6 is 0 Å². The Kier molecular flexibility index (Phi) is 4.36. The fourth-order valence-corrected chi connectivity index (χ4v) is 2.43. The van der Waals surface area contributed by atoms with Crippen molar-refractivity contribution < 1.29 is 9.47 Å². The van der Waals surface area contributed by atoms with Gasteiger partial charge >= 0.3 is 0 Å². The van der Waals surface area contributed by atoms with E-state index in [9.17, 15) is 0 Å². The molecule has 0 saturated heterocycles. The second kappa shape index (κ2) is 6.40. The minimum Gasteiger partial charge on any atom is -0.493 e. The number of rotatable bonds is 8. The quantitative estimate of drug-likeness (QED) is 0.728. The highest BCUT2D eigenvalue weighted by atomic mass is 16.5. The molecule has 2 aliphatic rings. The first kappa shape index (κ1) is 12.9. The summed E-state index contributed by atoms with van der Waals surface area (Å²) in [6.07, 6.45) is 4.88. The van der Waals surface area contributed by atoms with Crippen LogP contribution in [0.4, 0.5) is 0 Å². The van der Waals surface area contributed by atoms with E-state index in [1.807, 2.05) is 0 Å². The molecule has 3 heteroatoms. The van der Waals surface area contributed by atoms with Crippen LogP contribution in [0.3, 0.4) is 0 Å². The van der Waals surface area contributed by atoms with Crippen molar-refractivity contribution in [1.29, 1.82) is 0 Å². The van der Waals surface area contributed by atoms with Crippen molar-refractivity contribution in [3.63, 3.8) is 0 Å². The maximum atomic E-state index is 5.59. The van der Waals surface area contributed by atoms with E-state index in [0.717, 1.165) is 57.4 Å². The molecule has 104 valence electrons. The number of benzene rings is 1. The van der Waals surface area contributed by atoms with E-state index in [-0.39, 0.29) is 0 Å². The van der Waals surface area contributed by atoms with Gasteiger partial charge in [-0.1, -0.05) is 12.1 Å². The van der Waals surface area contributed by atoms with E-state index in [4.69, 9.17) is 9.47 Å². The van der Waals surface area contributed by atoms with E-state index in [2.05, 4.69) is 23.5 Å². The number of fused-ring (bicyclic) bond motifs is 1. The molecule has 19 heavy (non-hydrogen) atoms. The van der Waals surface area contributed by atoms with Gasteiger partial charge in [-0.3, -0.25) is 0 Å². The zero-order valence-electron chi connectivity index (χ0n) is 11.5. The fraction of sp³-hybridized carbons (Fsp3) is 0.625. The average molecular weight is 261 g/mol. The Morgan fingerprint density at radius 2 is 2.21 bits per heavy atom. The molecule has 1 aromatic rings. The van der Waals surface area contributed by atoms with Crippen molar-refractivity contribution >= 4 is 0 Å². The van der Waals surface area contributed by atoms with Gasteiger partial charge in [-0.15, -0.1) is 0 Å². The van der Waals surface area contributed by atoms with Crippen LogP contribution in [-0.4, -0.2) is 32.9 Å². The summed E-state index contributed by atoms with van der Waals surface area (Å²) in [5.41, 5.74) is 2.76. The molecular formula is C16H23NO2. The summed E-state index contributed by atoms with van der Waals surface area (Å²) in [4.78, 5) is 0. The minimum atomic E-state index is 0.842. The molecule has 0 atom stereocenters. The third-order valence-electron chi connectivity index (χ3n) is 3.82. The van der Waals surface area contributed by atoms with Crippen LogP contribution in [0.2, 0.25) is 0 Å². The van der Waals surface area contributed by atoms with Crippen LogP contribution in [0.25, 0.3) is 0 Å². The zero-order valence-corrected chi connectivity index (χ0v) is 11.5. The molecule has 0 unspecified atom stereocenters. The van der Waals surface area contributed by atoms with E-state index in [1.54, 1.807) is 0 Å². The molecule has 1 heterocycles. The lowest BCUT2D eigenvalue weighted by Crippen LogP contribution is -2.22. The molecule has 0 aromatic heterocycles. The van der Waals surface area contributed by atoms with Gasteiger partial charge in [0.15, 0.2) is 0 Å². The van der Waals surface area contributed by atoms with Crippen molar-refractivity contribution in [2.75, 3.05) is 32.9 Å². The highest BCUT2D eigenvalue weighted by molar-refractivity contribution is 5.39. The molecule has 0 amide bonds. The predicted molar refractivity (Wildman–Crippen MR) is 75.8 cm³/mol. The maximum Gasteiger partial charge on any atom is 0.122 e. The van der Waals surface area contributed by atoms with Gasteiger partial charge in [-0.05, 0) is 48.9 Å². The molecule has 1 saturated carbocycles. The summed E-state index contributed by atoms with van der Waals surface area (Å²) in [5.74, 6) is 1.94. The first-order valence-corrected chi connectivity index (χ1v) is 7.45. The van der Waals surface area contributed by atoms with Crippen molar-refractivity contribution in [3.8, 4) is 5.75 Å². The first-order valence-electron chi connectivity index (χ1n) is 7.45. The Bertz CT molecular complexity index is 415. The van der Waals surface area contributed by atoms with Gasteiger partial charge in [0.25, 0.3) is 0 Å². The van der Waals surface area contributed by atoms with Crippen LogP contribution in [0, 0.1) is 5.92 Å². The molecule has 3 nitrogen and oxygen atoms in total. The van der Waals surface area contributed by atoms with E-state index >= 15 is 0 Å². The summed E-state index contributed by atoms with van der Waals surface area (Å²) in [6.45, 7) is 4.63. The molecule has 1 N–H and O–H groups in total. The lowest BCUT2D eigenvalue weighted by atomic mass is 10.1. The molecule has 1 fully saturated rings. The third-order valence-corrected chi connectivity index (χ3v) is 3.82. The van der Waals surface area contributed by atoms with Crippen LogP contribution in [0.15, 0.2) is 18.2 Å². The number of hydrogen-bond acceptors (Lipinski definition) is 3. The Morgan fingerprint density at radius 1 is 1.26 bits per heavy atom. The lowest BCUT2D eigenvalue weighted by Gasteiger charge is -2.07. The monoisotopic (exact) mass is 261 g/mol. The summed E-state index contributed by atoms with van der Waals surface area (Å²) < 4.78 is 11.1. The molecule has 1 aromatic carbocycles. The Hall–Kier alpha value is -1.06. The third kappa shape index (κ3) is 3.95. The normalized spacial score (nSPS) is 17.3. The molecule has 1 aliphatic heterocycles. The van der Waals surface area contributed by atoms with Gasteiger partial charge in [0, 0.05) is 19.6 Å². The van der Waals surface area contributed by atoms with Crippen LogP contribution in [-0.2, 0) is 17.6 Å². The number of ether oxygens (including phenoxy) is 2. The molecule has 3 rings (SSSR count). The zero-order chi connectivity index (χ0) is 12.9. The highest BCUT2D eigenvalue weighted by Crippen LogP contribution is 2.28. The lowest BCUT2D eigenvalue weighted by molar-refractivity contribution is 0.126. The Balaban J connectivity index is 1.29. The molecule has 1 aliphatic carbocycles. The Labute approximate surface area is 115 Å². The second-order valence-electron chi connectivity index (χ2n) is 5.56. The summed E-state index contributed by atoms with van der Waals surface area (Å²) in [7, 11) is 0. The number of nitrogens with one attached hydrogen (secondary N) is 1. The van der Waals surface area contributed by atoms with Crippen molar-refractivity contribution in [2.45, 2.75) is 25.7 Å². The van der Waals surface area contributed by atoms with Crippen molar-refractivity contribution in [2.24, 2.45) is 5.92 Å². The fourth-order valence-electron chi connectivity index (χ4n) is 2.43. The topological polar surface area (TPSA) is 30.5 Å². The smallest absolute Gasteiger partial charge is 0.122 e. The molecular weight excluding hydrogens is 238 g/mol. The van der Waals surface area contributed by atoms with Crippen molar-refractivity contribution in [3.05, 3.63) is 29.3 Å². The van der Waals surface area contributed by atoms with Gasteiger partial charge in [0.05, 0.1) is 13.2 Å². The average Bonchev–Trinajstić information content (AvgIpc) is 3.13. The highest BCUT2D eigenvalue weighted by Gasteiger charge is 2.20. The van der Waals surface area contributed by atoms with Gasteiger partial charge in [0.2, 0.25) is 0 Å². The van der Waals surface area contributed by atoms with Crippen molar-refractivity contribution in [1.82, 2.24) is 5.32 Å². The second-order valence-corrected chi connectivity index (χ2v) is 5.56. The largest absolute Gasteiger partial charge is 0.493 e. The Morgan fingerprint density at radius 3 is 3.11 bits per heavy atom. The molecule has 0 bridgehead atoms. The number of hydrogen-bond donors (Lipinski definition) is 1. The van der Waals surface area contributed by atoms with Crippen LogP contribution in [0.5, 0.6) is 5.75 Å². The standard InChI is InChI=1S/C16H23NO2/c1-2-14(1)12-18-10-8-17-7-5-13-3-4-16-15(11-13)6-9-19-16/h3-4,11,14,17H,1-2,5-10,12H2. The predicted octanol–water partition coefficient (Wildman–Crippen LogP) is 2.18. The van der Waals surface area contributed by atoms with E-state index < -0.39 is 0 Å². The van der Waals surface area contributed by atoms with Gasteiger partial charge in [-0.25, -0.2) is 0 Å². The molecule has 0 radical (unpaired) electrons. The van der Waals surface area contributed by atoms with Gasteiger partial charge < -0.3 is 14.8 Å². The molecule has 0 spiro atoms. The SMILES string of the molecule is c1cc2c(cc1CCNCCOCC1CC1)CCO2. The van der Waals surface area contributed by atoms with Gasteiger partial charge in [0.1, 0.15) is 5.75 Å². The van der Waals surface area contributed by atoms with Crippen LogP contribution < -0.4 is 10.1 Å². The summed E-state index contributed by atoms with van der Waals surface area (Å²) >= 11 is 0. The first-order chi connectivity index (χ1) is 9.42. The minimum absolute atomic E-state index is 0.842. The summed E-state index contributed by atoms with van der Waals surface area (Å²) in [5, 5.41) is 3.44. The maximum absolute atomic E-state index is 5.59. The van der Waals surface area contributed by atoms with Gasteiger partial charge in [-0.2, -0.15) is 0 Å². The van der Waals surface area contributed by atoms with E-state index in [1.165, 1.54) is 24.0 Å².